The van der Waals surface area contributed by atoms with Gasteiger partial charge in [-0.1, -0.05) is 33.6 Å². The average Bonchev–Trinajstić information content (AvgIpc) is 3.09. The van der Waals surface area contributed by atoms with E-state index < -0.39 is 5.41 Å². The van der Waals surface area contributed by atoms with Gasteiger partial charge in [0.2, 0.25) is 0 Å². The van der Waals surface area contributed by atoms with Crippen LogP contribution in [0.25, 0.3) is 11.5 Å². The highest BCUT2D eigenvalue weighted by Crippen LogP contribution is 2.49. The van der Waals surface area contributed by atoms with Crippen molar-refractivity contribution in [3.63, 3.8) is 0 Å². The molecule has 23 heavy (non-hydrogen) atoms. The first-order valence-corrected chi connectivity index (χ1v) is 8.16. The molecule has 0 amide bonds. The summed E-state index contributed by atoms with van der Waals surface area (Å²) in [6.07, 6.45) is 6.14. The molecule has 0 saturated heterocycles. The van der Waals surface area contributed by atoms with Gasteiger partial charge in [0.25, 0.3) is 5.89 Å². The van der Waals surface area contributed by atoms with E-state index >= 15 is 0 Å². The first-order chi connectivity index (χ1) is 11.1. The van der Waals surface area contributed by atoms with Gasteiger partial charge >= 0.3 is 0 Å². The predicted molar refractivity (Wildman–Crippen MR) is 85.2 cm³/mol. The van der Waals surface area contributed by atoms with E-state index in [9.17, 15) is 4.39 Å². The molecule has 0 N–H and O–H groups in total. The SMILES string of the molecule is Cn1cc(-c2nc(C3(c4ccc(Br)cc4F)CCC3)no2)cn1. The zero-order valence-electron chi connectivity index (χ0n) is 12.5. The lowest BCUT2D eigenvalue weighted by atomic mass is 9.63. The third-order valence-corrected chi connectivity index (χ3v) is 4.95. The summed E-state index contributed by atoms with van der Waals surface area (Å²) < 4.78 is 22.2. The number of hydrogen-bond donors (Lipinski definition) is 0. The standard InChI is InChI=1S/C16H14BrFN4O/c1-22-9-10(8-19-22)14-20-15(21-23-14)16(5-2-6-16)12-4-3-11(17)7-13(12)18/h3-4,7-9H,2,5-6H2,1H3. The summed E-state index contributed by atoms with van der Waals surface area (Å²) in [6, 6.07) is 5.14. The van der Waals surface area contributed by atoms with Crippen molar-refractivity contribution in [2.75, 3.05) is 0 Å². The molecule has 0 bridgehead atoms. The Bertz CT molecular complexity index is 869. The lowest BCUT2D eigenvalue weighted by Crippen LogP contribution is -2.37. The van der Waals surface area contributed by atoms with Crippen molar-refractivity contribution < 1.29 is 8.91 Å². The van der Waals surface area contributed by atoms with Crippen LogP contribution in [-0.4, -0.2) is 19.9 Å². The molecule has 0 spiro atoms. The molecule has 2 aromatic heterocycles. The fraction of sp³-hybridized carbons (Fsp3) is 0.312. The second kappa shape index (κ2) is 5.26. The number of benzene rings is 1. The van der Waals surface area contributed by atoms with Crippen LogP contribution in [0.1, 0.15) is 30.7 Å². The molecule has 1 aliphatic carbocycles. The normalized spacial score (nSPS) is 16.3. The maximum Gasteiger partial charge on any atom is 0.261 e. The maximum absolute atomic E-state index is 14.5. The zero-order valence-corrected chi connectivity index (χ0v) is 14.0. The van der Waals surface area contributed by atoms with Crippen LogP contribution >= 0.6 is 15.9 Å². The molecule has 0 radical (unpaired) electrons. The maximum atomic E-state index is 14.5. The quantitative estimate of drug-likeness (QED) is 0.696. The van der Waals surface area contributed by atoms with Crippen molar-refractivity contribution in [1.29, 1.82) is 0 Å². The largest absolute Gasteiger partial charge is 0.334 e. The van der Waals surface area contributed by atoms with Crippen LogP contribution in [0, 0.1) is 5.82 Å². The predicted octanol–water partition coefficient (Wildman–Crippen LogP) is 3.84. The van der Waals surface area contributed by atoms with Crippen LogP contribution in [-0.2, 0) is 12.5 Å². The van der Waals surface area contributed by atoms with Crippen LogP contribution in [0.2, 0.25) is 0 Å². The Labute approximate surface area is 140 Å². The van der Waals surface area contributed by atoms with Crippen LogP contribution in [0.15, 0.2) is 39.6 Å². The zero-order chi connectivity index (χ0) is 16.0. The molecule has 0 aliphatic heterocycles. The lowest BCUT2D eigenvalue weighted by molar-refractivity contribution is 0.265. The van der Waals surface area contributed by atoms with Gasteiger partial charge in [-0.15, -0.1) is 0 Å². The smallest absolute Gasteiger partial charge is 0.261 e. The third-order valence-electron chi connectivity index (χ3n) is 4.46. The summed E-state index contributed by atoms with van der Waals surface area (Å²) in [7, 11) is 1.82. The van der Waals surface area contributed by atoms with Crippen LogP contribution in [0.3, 0.4) is 0 Å². The van der Waals surface area contributed by atoms with E-state index in [1.807, 2.05) is 19.3 Å². The van der Waals surface area contributed by atoms with Gasteiger partial charge in [0.05, 0.1) is 17.2 Å². The van der Waals surface area contributed by atoms with Crippen LogP contribution in [0.5, 0.6) is 0 Å². The molecule has 3 aromatic rings. The van der Waals surface area contributed by atoms with E-state index in [2.05, 4.69) is 31.2 Å². The summed E-state index contributed by atoms with van der Waals surface area (Å²) in [5, 5.41) is 8.24. The lowest BCUT2D eigenvalue weighted by Gasteiger charge is -2.39. The van der Waals surface area contributed by atoms with Crippen molar-refractivity contribution >= 4 is 15.9 Å². The molecule has 1 aromatic carbocycles. The molecule has 0 unspecified atom stereocenters. The summed E-state index contributed by atoms with van der Waals surface area (Å²) in [5.41, 5.74) is 0.900. The Kier molecular flexibility index (Phi) is 3.33. The highest BCUT2D eigenvalue weighted by Gasteiger charge is 2.46. The fourth-order valence-corrected chi connectivity index (χ4v) is 3.42. The van der Waals surface area contributed by atoms with Crippen molar-refractivity contribution in [2.24, 2.45) is 7.05 Å². The number of aromatic nitrogens is 4. The van der Waals surface area contributed by atoms with Crippen molar-refractivity contribution in [3.8, 4) is 11.5 Å². The number of hydrogen-bond acceptors (Lipinski definition) is 4. The molecule has 118 valence electrons. The Morgan fingerprint density at radius 1 is 1.35 bits per heavy atom. The Morgan fingerprint density at radius 3 is 2.78 bits per heavy atom. The van der Waals surface area contributed by atoms with Gasteiger partial charge in [-0.2, -0.15) is 10.1 Å². The number of halogens is 2. The summed E-state index contributed by atoms with van der Waals surface area (Å²) in [5.74, 6) is 0.715. The summed E-state index contributed by atoms with van der Waals surface area (Å²) >= 11 is 3.30. The van der Waals surface area contributed by atoms with Crippen molar-refractivity contribution in [2.45, 2.75) is 24.7 Å². The van der Waals surface area contributed by atoms with E-state index in [-0.39, 0.29) is 5.82 Å². The van der Waals surface area contributed by atoms with Crippen LogP contribution in [0.4, 0.5) is 4.39 Å². The minimum absolute atomic E-state index is 0.244. The molecular weight excluding hydrogens is 363 g/mol. The van der Waals surface area contributed by atoms with Crippen molar-refractivity contribution in [1.82, 2.24) is 19.9 Å². The molecule has 7 heteroatoms. The molecule has 0 atom stereocenters. The van der Waals surface area contributed by atoms with Gasteiger partial charge in [0.15, 0.2) is 5.82 Å². The number of aryl methyl sites for hydroxylation is 1. The first-order valence-electron chi connectivity index (χ1n) is 7.37. The Morgan fingerprint density at radius 2 is 2.17 bits per heavy atom. The summed E-state index contributed by atoms with van der Waals surface area (Å²) in [4.78, 5) is 4.52. The molecule has 1 fully saturated rings. The minimum Gasteiger partial charge on any atom is -0.334 e. The molecule has 1 aliphatic rings. The minimum atomic E-state index is -0.491. The fourth-order valence-electron chi connectivity index (χ4n) is 3.09. The van der Waals surface area contributed by atoms with Gasteiger partial charge in [0, 0.05) is 23.3 Å². The van der Waals surface area contributed by atoms with Gasteiger partial charge in [-0.3, -0.25) is 4.68 Å². The topological polar surface area (TPSA) is 56.7 Å². The summed E-state index contributed by atoms with van der Waals surface area (Å²) in [6.45, 7) is 0. The van der Waals surface area contributed by atoms with E-state index in [1.54, 1.807) is 16.9 Å². The molecule has 2 heterocycles. The second-order valence-electron chi connectivity index (χ2n) is 5.89. The number of rotatable bonds is 3. The molecule has 1 saturated carbocycles. The van der Waals surface area contributed by atoms with Gasteiger partial charge in [-0.05, 0) is 25.0 Å². The molecule has 4 rings (SSSR count). The van der Waals surface area contributed by atoms with E-state index in [1.165, 1.54) is 6.07 Å². The monoisotopic (exact) mass is 376 g/mol. The van der Waals surface area contributed by atoms with E-state index in [0.29, 0.717) is 17.3 Å². The number of nitrogens with zero attached hydrogens (tertiary/aromatic N) is 4. The second-order valence-corrected chi connectivity index (χ2v) is 6.80. The van der Waals surface area contributed by atoms with Gasteiger partial charge < -0.3 is 4.52 Å². The highest BCUT2D eigenvalue weighted by molar-refractivity contribution is 9.10. The average molecular weight is 377 g/mol. The molecular formula is C16H14BrFN4O. The van der Waals surface area contributed by atoms with Crippen molar-refractivity contribution in [3.05, 3.63) is 52.3 Å². The third kappa shape index (κ3) is 2.30. The van der Waals surface area contributed by atoms with E-state index in [0.717, 1.165) is 29.3 Å². The molecule has 5 nitrogen and oxygen atoms in total. The van der Waals surface area contributed by atoms with Gasteiger partial charge in [0.1, 0.15) is 5.82 Å². The highest BCUT2D eigenvalue weighted by atomic mass is 79.9. The van der Waals surface area contributed by atoms with Crippen LogP contribution < -0.4 is 0 Å². The first kappa shape index (κ1) is 14.6. The van der Waals surface area contributed by atoms with Gasteiger partial charge in [-0.25, -0.2) is 4.39 Å². The Balaban J connectivity index is 1.77. The van der Waals surface area contributed by atoms with E-state index in [4.69, 9.17) is 4.52 Å². The Hall–Kier alpha value is -2.02.